The first kappa shape index (κ1) is 23.3. The Bertz CT molecular complexity index is 1390. The lowest BCUT2D eigenvalue weighted by molar-refractivity contribution is 1.05. The Morgan fingerprint density at radius 3 is 1.57 bits per heavy atom. The summed E-state index contributed by atoms with van der Waals surface area (Å²) in [6.45, 7) is 2.05. The molecule has 1 heterocycles. The van der Waals surface area contributed by atoms with Crippen molar-refractivity contribution in [3.63, 3.8) is 0 Å². The van der Waals surface area contributed by atoms with Crippen LogP contribution in [0, 0.1) is 6.92 Å². The molecule has 4 aromatic carbocycles. The number of rotatable bonds is 6. The quantitative estimate of drug-likeness (QED) is 0.204. The molecule has 1 N–H and O–H groups in total. The lowest BCUT2D eigenvalue weighted by Gasteiger charge is -2.27. The van der Waals surface area contributed by atoms with Gasteiger partial charge in [0, 0.05) is 5.56 Å². The molecule has 0 atom stereocenters. The number of nitrogens with zero attached hydrogens (tertiary/aromatic N) is 1. The number of aryl methyl sites for hydroxylation is 1. The molecule has 5 rings (SSSR count). The van der Waals surface area contributed by atoms with Gasteiger partial charge in [-0.15, -0.1) is 11.8 Å². The summed E-state index contributed by atoms with van der Waals surface area (Å²) in [4.78, 5) is 22.3. The number of H-pyrrole nitrogens is 1. The molecule has 0 unspecified atom stereocenters. The molecular formula is C30H26N2OPS+. The minimum Gasteiger partial charge on any atom is -0.303 e. The van der Waals surface area contributed by atoms with Gasteiger partial charge < -0.3 is 4.98 Å². The van der Waals surface area contributed by atoms with Crippen LogP contribution < -0.4 is 26.8 Å². The van der Waals surface area contributed by atoms with E-state index >= 15 is 0 Å². The zero-order valence-corrected chi connectivity index (χ0v) is 21.4. The van der Waals surface area contributed by atoms with E-state index in [0.29, 0.717) is 5.82 Å². The van der Waals surface area contributed by atoms with E-state index in [1.807, 2.05) is 48.7 Å². The molecule has 5 aromatic rings. The smallest absolute Gasteiger partial charge is 0.296 e. The van der Waals surface area contributed by atoms with Crippen molar-refractivity contribution in [2.75, 3.05) is 6.26 Å². The molecular weight excluding hydrogens is 467 g/mol. The van der Waals surface area contributed by atoms with Crippen molar-refractivity contribution >= 4 is 40.2 Å². The van der Waals surface area contributed by atoms with Crippen LogP contribution in [0.4, 0.5) is 0 Å². The number of aromatic amines is 1. The molecule has 0 amide bonds. The van der Waals surface area contributed by atoms with Crippen LogP contribution in [-0.4, -0.2) is 16.2 Å². The summed E-state index contributed by atoms with van der Waals surface area (Å²) in [7, 11) is -2.54. The van der Waals surface area contributed by atoms with Gasteiger partial charge in [-0.05, 0) is 49.6 Å². The van der Waals surface area contributed by atoms with Gasteiger partial charge in [-0.2, -0.15) is 0 Å². The third kappa shape index (κ3) is 4.25. The average Bonchev–Trinajstić information content (AvgIpc) is 2.92. The van der Waals surface area contributed by atoms with Gasteiger partial charge in [0.05, 0.1) is 0 Å². The molecule has 0 saturated heterocycles. The molecule has 0 aliphatic heterocycles. The molecule has 172 valence electrons. The van der Waals surface area contributed by atoms with E-state index in [0.717, 1.165) is 31.8 Å². The molecule has 0 spiro atoms. The van der Waals surface area contributed by atoms with Crippen molar-refractivity contribution in [2.45, 2.75) is 11.9 Å². The van der Waals surface area contributed by atoms with Crippen LogP contribution in [0.3, 0.4) is 0 Å². The SMILES string of the molecule is CSc1nc(-c2ccc(C)cc2)[nH]c(=O)c1[P+](c1ccccc1)(c1ccccc1)c1ccccc1. The minimum atomic E-state index is -2.54. The predicted molar refractivity (Wildman–Crippen MR) is 152 cm³/mol. The zero-order valence-electron chi connectivity index (χ0n) is 19.7. The average molecular weight is 494 g/mol. The summed E-state index contributed by atoms with van der Waals surface area (Å²) in [6, 6.07) is 39.3. The highest BCUT2D eigenvalue weighted by Gasteiger charge is 2.52. The Morgan fingerprint density at radius 1 is 0.686 bits per heavy atom. The first-order chi connectivity index (χ1) is 17.1. The molecule has 0 fully saturated rings. The lowest BCUT2D eigenvalue weighted by atomic mass is 10.1. The number of aromatic nitrogens is 2. The van der Waals surface area contributed by atoms with E-state index in [9.17, 15) is 4.79 Å². The fraction of sp³-hybridized carbons (Fsp3) is 0.0667. The van der Waals surface area contributed by atoms with Crippen molar-refractivity contribution in [3.05, 3.63) is 131 Å². The summed E-state index contributed by atoms with van der Waals surface area (Å²) in [5.41, 5.74) is 1.97. The van der Waals surface area contributed by atoms with Gasteiger partial charge in [-0.1, -0.05) is 84.4 Å². The maximum absolute atomic E-state index is 14.1. The first-order valence-corrected chi connectivity index (χ1v) is 14.5. The number of benzene rings is 4. The molecule has 3 nitrogen and oxygen atoms in total. The van der Waals surface area contributed by atoms with Crippen LogP contribution in [0.15, 0.2) is 125 Å². The Balaban J connectivity index is 1.89. The van der Waals surface area contributed by atoms with E-state index in [4.69, 9.17) is 4.98 Å². The fourth-order valence-corrected chi connectivity index (χ4v) is 9.90. The lowest BCUT2D eigenvalue weighted by Crippen LogP contribution is -2.46. The molecule has 0 bridgehead atoms. The highest BCUT2D eigenvalue weighted by molar-refractivity contribution is 8.04. The van der Waals surface area contributed by atoms with Crippen LogP contribution in [-0.2, 0) is 0 Å². The monoisotopic (exact) mass is 493 g/mol. The number of hydrogen-bond donors (Lipinski definition) is 1. The van der Waals surface area contributed by atoms with Crippen molar-refractivity contribution in [2.24, 2.45) is 0 Å². The first-order valence-electron chi connectivity index (χ1n) is 11.5. The zero-order chi connectivity index (χ0) is 24.3. The number of thioether (sulfide) groups is 1. The summed E-state index contributed by atoms with van der Waals surface area (Å²) in [5.74, 6) is 0.593. The molecule has 1 aromatic heterocycles. The summed E-state index contributed by atoms with van der Waals surface area (Å²) in [5, 5.41) is 4.88. The van der Waals surface area contributed by atoms with Gasteiger partial charge in [-0.3, -0.25) is 4.79 Å². The van der Waals surface area contributed by atoms with Gasteiger partial charge in [0.1, 0.15) is 26.8 Å². The second-order valence-electron chi connectivity index (χ2n) is 8.32. The second-order valence-corrected chi connectivity index (χ2v) is 12.4. The maximum Gasteiger partial charge on any atom is 0.296 e. The summed E-state index contributed by atoms with van der Waals surface area (Å²) in [6.07, 6.45) is 2.00. The normalized spacial score (nSPS) is 11.4. The Hall–Kier alpha value is -3.46. The summed E-state index contributed by atoms with van der Waals surface area (Å²) >= 11 is 1.53. The maximum atomic E-state index is 14.1. The van der Waals surface area contributed by atoms with Crippen LogP contribution in [0.2, 0.25) is 0 Å². The molecule has 0 aliphatic rings. The molecule has 5 heteroatoms. The highest BCUT2D eigenvalue weighted by atomic mass is 32.2. The van der Waals surface area contributed by atoms with Crippen molar-refractivity contribution in [1.82, 2.24) is 9.97 Å². The van der Waals surface area contributed by atoms with Crippen molar-refractivity contribution < 1.29 is 0 Å². The Morgan fingerprint density at radius 2 is 1.14 bits per heavy atom. The fourth-order valence-electron chi connectivity index (χ4n) is 4.52. The number of hydrogen-bond acceptors (Lipinski definition) is 3. The highest BCUT2D eigenvalue weighted by Crippen LogP contribution is 2.54. The van der Waals surface area contributed by atoms with Gasteiger partial charge in [0.15, 0.2) is 7.26 Å². The van der Waals surface area contributed by atoms with E-state index in [1.165, 1.54) is 17.3 Å². The van der Waals surface area contributed by atoms with Crippen molar-refractivity contribution in [3.8, 4) is 11.4 Å². The van der Waals surface area contributed by atoms with Crippen LogP contribution in [0.25, 0.3) is 11.4 Å². The largest absolute Gasteiger partial charge is 0.303 e. The molecule has 35 heavy (non-hydrogen) atoms. The Labute approximate surface area is 210 Å². The van der Waals surface area contributed by atoms with E-state index < -0.39 is 7.26 Å². The van der Waals surface area contributed by atoms with Crippen LogP contribution >= 0.6 is 19.0 Å². The second kappa shape index (κ2) is 10.0. The predicted octanol–water partition coefficient (Wildman–Crippen LogP) is 5.09. The van der Waals surface area contributed by atoms with Crippen LogP contribution in [0.5, 0.6) is 0 Å². The molecule has 0 aliphatic carbocycles. The third-order valence-corrected chi connectivity index (χ3v) is 11.3. The van der Waals surface area contributed by atoms with E-state index in [1.54, 1.807) is 0 Å². The van der Waals surface area contributed by atoms with E-state index in [2.05, 4.69) is 84.7 Å². The molecule has 0 saturated carbocycles. The van der Waals surface area contributed by atoms with Crippen molar-refractivity contribution in [1.29, 1.82) is 0 Å². The third-order valence-electron chi connectivity index (χ3n) is 6.15. The molecule has 0 radical (unpaired) electrons. The van der Waals surface area contributed by atoms with Gasteiger partial charge >= 0.3 is 0 Å². The topological polar surface area (TPSA) is 45.8 Å². The minimum absolute atomic E-state index is 0.0928. The summed E-state index contributed by atoms with van der Waals surface area (Å²) < 4.78 is 0. The standard InChI is InChI=1S/C30H25N2OPS/c1-22-18-20-23(21-19-22)28-31-29(33)27(30(32-28)35-2)34(24-12-6-3-7-13-24,25-14-8-4-9-15-25)26-16-10-5-11-17-26/h3-21H,1-2H3/p+1. The Kier molecular flexibility index (Phi) is 6.68. The van der Waals surface area contributed by atoms with Gasteiger partial charge in [0.2, 0.25) is 5.30 Å². The van der Waals surface area contributed by atoms with Gasteiger partial charge in [0.25, 0.3) is 5.56 Å². The van der Waals surface area contributed by atoms with Crippen LogP contribution in [0.1, 0.15) is 5.56 Å². The van der Waals surface area contributed by atoms with E-state index in [-0.39, 0.29) is 5.56 Å². The number of nitrogens with one attached hydrogen (secondary N) is 1. The van der Waals surface area contributed by atoms with Gasteiger partial charge in [-0.25, -0.2) is 4.98 Å².